The van der Waals surface area contributed by atoms with Crippen LogP contribution in [-0.4, -0.2) is 10.9 Å². The number of benzene rings is 1. The number of halogens is 2. The summed E-state index contributed by atoms with van der Waals surface area (Å²) in [4.78, 5) is 17.5. The minimum Gasteiger partial charge on any atom is -0.345 e. The van der Waals surface area contributed by atoms with Crippen LogP contribution in [0.3, 0.4) is 0 Å². The van der Waals surface area contributed by atoms with E-state index in [-0.39, 0.29) is 11.6 Å². The second-order valence-corrected chi connectivity index (χ2v) is 6.65. The Kier molecular flexibility index (Phi) is 4.55. The van der Waals surface area contributed by atoms with Crippen LogP contribution in [0.1, 0.15) is 38.9 Å². The Labute approximate surface area is 129 Å². The van der Waals surface area contributed by atoms with Gasteiger partial charge in [-0.25, -0.2) is 9.37 Å². The second-order valence-electron chi connectivity index (χ2n) is 4.50. The predicted octanol–water partition coefficient (Wildman–Crippen LogP) is 4.15. The molecule has 3 nitrogen and oxygen atoms in total. The molecule has 0 bridgehead atoms. The van der Waals surface area contributed by atoms with Crippen molar-refractivity contribution in [3.8, 4) is 0 Å². The number of nitrogens with zero attached hydrogens (tertiary/aromatic N) is 1. The minimum absolute atomic E-state index is 0.0325. The molecule has 2 rings (SSSR count). The number of carbonyl (C=O) groups excluding carboxylic acids is 1. The van der Waals surface area contributed by atoms with Crippen LogP contribution < -0.4 is 5.32 Å². The fourth-order valence-corrected chi connectivity index (χ4v) is 3.25. The van der Waals surface area contributed by atoms with E-state index in [0.29, 0.717) is 4.47 Å². The normalized spacial score (nSPS) is 12.2. The highest BCUT2D eigenvalue weighted by atomic mass is 79.9. The maximum atomic E-state index is 13.7. The average Bonchev–Trinajstić information content (AvgIpc) is 2.71. The zero-order chi connectivity index (χ0) is 14.9. The van der Waals surface area contributed by atoms with Gasteiger partial charge in [-0.05, 0) is 39.0 Å². The van der Waals surface area contributed by atoms with E-state index in [1.807, 2.05) is 20.8 Å². The summed E-state index contributed by atoms with van der Waals surface area (Å²) in [6, 6.07) is 4.10. The molecule has 0 saturated carbocycles. The van der Waals surface area contributed by atoms with Gasteiger partial charge in [0.25, 0.3) is 5.91 Å². The van der Waals surface area contributed by atoms with E-state index in [0.717, 1.165) is 15.6 Å². The zero-order valence-electron chi connectivity index (χ0n) is 11.3. The van der Waals surface area contributed by atoms with E-state index in [1.165, 1.54) is 23.5 Å². The van der Waals surface area contributed by atoms with Crippen molar-refractivity contribution in [3.05, 3.63) is 49.6 Å². The van der Waals surface area contributed by atoms with Crippen molar-refractivity contribution in [2.24, 2.45) is 0 Å². The first kappa shape index (κ1) is 15.1. The van der Waals surface area contributed by atoms with Crippen LogP contribution in [0.15, 0.2) is 22.7 Å². The standard InChI is InChI=1S/C14H14BrFN2OS/c1-7-13(20-9(3)17-7)8(2)18-14(19)11-6-10(15)4-5-12(11)16/h4-6,8H,1-3H3,(H,18,19). The van der Waals surface area contributed by atoms with Crippen molar-refractivity contribution in [2.45, 2.75) is 26.8 Å². The first-order chi connectivity index (χ1) is 9.38. The number of amides is 1. The molecule has 6 heteroatoms. The molecule has 1 amide bonds. The van der Waals surface area contributed by atoms with E-state index in [2.05, 4.69) is 26.2 Å². The lowest BCUT2D eigenvalue weighted by Gasteiger charge is -2.13. The van der Waals surface area contributed by atoms with Gasteiger partial charge in [0.15, 0.2) is 0 Å². The molecule has 1 N–H and O–H groups in total. The van der Waals surface area contributed by atoms with Gasteiger partial charge >= 0.3 is 0 Å². The summed E-state index contributed by atoms with van der Waals surface area (Å²) in [5, 5.41) is 3.76. The molecule has 0 spiro atoms. The number of hydrogen-bond acceptors (Lipinski definition) is 3. The quantitative estimate of drug-likeness (QED) is 0.897. The molecule has 0 saturated heterocycles. The number of hydrogen-bond donors (Lipinski definition) is 1. The molecule has 1 atom stereocenters. The Morgan fingerprint density at radius 1 is 1.45 bits per heavy atom. The van der Waals surface area contributed by atoms with Crippen molar-refractivity contribution in [1.82, 2.24) is 10.3 Å². The van der Waals surface area contributed by atoms with Crippen molar-refractivity contribution in [3.63, 3.8) is 0 Å². The zero-order valence-corrected chi connectivity index (χ0v) is 13.7. The van der Waals surface area contributed by atoms with Gasteiger partial charge in [-0.3, -0.25) is 4.79 Å². The van der Waals surface area contributed by atoms with Gasteiger partial charge in [0, 0.05) is 9.35 Å². The molecular weight excluding hydrogens is 343 g/mol. The second kappa shape index (κ2) is 6.01. The highest BCUT2D eigenvalue weighted by molar-refractivity contribution is 9.10. The summed E-state index contributed by atoms with van der Waals surface area (Å²) in [7, 11) is 0. The number of aromatic nitrogens is 1. The Morgan fingerprint density at radius 3 is 2.75 bits per heavy atom. The van der Waals surface area contributed by atoms with Crippen molar-refractivity contribution >= 4 is 33.2 Å². The van der Waals surface area contributed by atoms with E-state index in [1.54, 1.807) is 6.07 Å². The number of rotatable bonds is 3. The van der Waals surface area contributed by atoms with Gasteiger partial charge in [-0.15, -0.1) is 11.3 Å². The molecule has 106 valence electrons. The molecule has 2 aromatic rings. The summed E-state index contributed by atoms with van der Waals surface area (Å²) >= 11 is 4.77. The molecule has 0 radical (unpaired) electrons. The van der Waals surface area contributed by atoms with Gasteiger partial charge in [-0.1, -0.05) is 15.9 Å². The van der Waals surface area contributed by atoms with E-state index in [9.17, 15) is 9.18 Å². The summed E-state index contributed by atoms with van der Waals surface area (Å²) in [5.41, 5.74) is 0.931. The van der Waals surface area contributed by atoms with Gasteiger partial charge in [0.05, 0.1) is 22.3 Å². The highest BCUT2D eigenvalue weighted by Gasteiger charge is 2.18. The Hall–Kier alpha value is -1.27. The van der Waals surface area contributed by atoms with Crippen LogP contribution in [0.25, 0.3) is 0 Å². The van der Waals surface area contributed by atoms with Crippen LogP contribution in [0.5, 0.6) is 0 Å². The lowest BCUT2D eigenvalue weighted by molar-refractivity contribution is 0.0936. The third kappa shape index (κ3) is 3.24. The summed E-state index contributed by atoms with van der Waals surface area (Å²) in [6.45, 7) is 5.69. The Morgan fingerprint density at radius 2 is 2.15 bits per heavy atom. The molecule has 0 aliphatic heterocycles. The van der Waals surface area contributed by atoms with E-state index < -0.39 is 11.7 Å². The summed E-state index contributed by atoms with van der Waals surface area (Å²) in [6.07, 6.45) is 0. The van der Waals surface area contributed by atoms with Crippen molar-refractivity contribution < 1.29 is 9.18 Å². The Balaban J connectivity index is 2.19. The molecule has 1 heterocycles. The van der Waals surface area contributed by atoms with Gasteiger partial charge in [0.1, 0.15) is 5.82 Å². The molecule has 1 unspecified atom stereocenters. The van der Waals surface area contributed by atoms with Gasteiger partial charge < -0.3 is 5.32 Å². The fourth-order valence-electron chi connectivity index (χ4n) is 1.96. The molecule has 20 heavy (non-hydrogen) atoms. The van der Waals surface area contributed by atoms with Crippen LogP contribution >= 0.6 is 27.3 Å². The predicted molar refractivity (Wildman–Crippen MR) is 81.6 cm³/mol. The summed E-state index contributed by atoms with van der Waals surface area (Å²) < 4.78 is 14.3. The Bertz CT molecular complexity index is 657. The molecule has 1 aromatic carbocycles. The maximum absolute atomic E-state index is 13.7. The average molecular weight is 357 g/mol. The number of thiazole rings is 1. The monoisotopic (exact) mass is 356 g/mol. The minimum atomic E-state index is -0.532. The maximum Gasteiger partial charge on any atom is 0.254 e. The van der Waals surface area contributed by atoms with Crippen molar-refractivity contribution in [1.29, 1.82) is 0 Å². The van der Waals surface area contributed by atoms with Crippen LogP contribution in [0.4, 0.5) is 4.39 Å². The first-order valence-electron chi connectivity index (χ1n) is 6.08. The summed E-state index contributed by atoms with van der Waals surface area (Å²) in [5.74, 6) is -0.961. The topological polar surface area (TPSA) is 42.0 Å². The van der Waals surface area contributed by atoms with E-state index in [4.69, 9.17) is 0 Å². The van der Waals surface area contributed by atoms with E-state index >= 15 is 0 Å². The van der Waals surface area contributed by atoms with Crippen LogP contribution in [0.2, 0.25) is 0 Å². The molecule has 1 aromatic heterocycles. The number of carbonyl (C=O) groups is 1. The van der Waals surface area contributed by atoms with Crippen LogP contribution in [-0.2, 0) is 0 Å². The molecular formula is C14H14BrFN2OS. The van der Waals surface area contributed by atoms with Crippen molar-refractivity contribution in [2.75, 3.05) is 0 Å². The third-order valence-electron chi connectivity index (χ3n) is 2.85. The SMILES string of the molecule is Cc1nc(C)c(C(C)NC(=O)c2cc(Br)ccc2F)s1. The highest BCUT2D eigenvalue weighted by Crippen LogP contribution is 2.25. The molecule has 0 aliphatic rings. The fraction of sp³-hybridized carbons (Fsp3) is 0.286. The number of nitrogens with one attached hydrogen (secondary N) is 1. The largest absolute Gasteiger partial charge is 0.345 e. The first-order valence-corrected chi connectivity index (χ1v) is 7.69. The van der Waals surface area contributed by atoms with Crippen LogP contribution in [0, 0.1) is 19.7 Å². The van der Waals surface area contributed by atoms with Gasteiger partial charge in [0.2, 0.25) is 0 Å². The molecule has 0 fully saturated rings. The smallest absolute Gasteiger partial charge is 0.254 e. The lowest BCUT2D eigenvalue weighted by atomic mass is 10.1. The lowest BCUT2D eigenvalue weighted by Crippen LogP contribution is -2.27. The third-order valence-corrected chi connectivity index (χ3v) is 4.60. The number of aryl methyl sites for hydroxylation is 2. The molecule has 0 aliphatic carbocycles. The van der Waals surface area contributed by atoms with Gasteiger partial charge in [-0.2, -0.15) is 0 Å².